The summed E-state index contributed by atoms with van der Waals surface area (Å²) in [6.45, 7) is 1.08. The van der Waals surface area contributed by atoms with Crippen molar-refractivity contribution >= 4 is 11.8 Å². The lowest BCUT2D eigenvalue weighted by Gasteiger charge is -1.97. The summed E-state index contributed by atoms with van der Waals surface area (Å²) in [5.41, 5.74) is 0.524. The fourth-order valence-corrected chi connectivity index (χ4v) is 0.748. The molecular formula is C8H9NO3. The number of nitrogens with one attached hydrogen (secondary N) is 1. The summed E-state index contributed by atoms with van der Waals surface area (Å²) in [7, 11) is 0. The Labute approximate surface area is 69.5 Å². The van der Waals surface area contributed by atoms with Gasteiger partial charge in [-0.2, -0.15) is 0 Å². The lowest BCUT2D eigenvalue weighted by atomic mass is 10.2. The smallest absolute Gasteiger partial charge is 0.303 e. The molecule has 1 aromatic rings. The Hall–Kier alpha value is -1.58. The van der Waals surface area contributed by atoms with Crippen molar-refractivity contribution in [1.29, 1.82) is 0 Å². The Morgan fingerprint density at radius 2 is 2.33 bits per heavy atom. The number of hydrogen-bond acceptors (Lipinski definition) is 3. The van der Waals surface area contributed by atoms with Gasteiger partial charge in [-0.25, -0.2) is 0 Å². The molecule has 12 heavy (non-hydrogen) atoms. The molecule has 0 aliphatic heterocycles. The monoisotopic (exact) mass is 167 g/mol. The van der Waals surface area contributed by atoms with Gasteiger partial charge in [0.1, 0.15) is 0 Å². The predicted molar refractivity (Wildman–Crippen MR) is 41.8 cm³/mol. The van der Waals surface area contributed by atoms with E-state index in [0.29, 0.717) is 5.56 Å². The largest absolute Gasteiger partial charge is 0.457 e. The first kappa shape index (κ1) is 8.52. The lowest BCUT2D eigenvalue weighted by molar-refractivity contribution is -0.139. The first-order chi connectivity index (χ1) is 5.70. The highest BCUT2D eigenvalue weighted by Gasteiger charge is 2.06. The molecule has 0 saturated carbocycles. The number of aromatic amines is 1. The summed E-state index contributed by atoms with van der Waals surface area (Å²) in [5.74, 6) is -0.648. The molecule has 0 amide bonds. The summed E-state index contributed by atoms with van der Waals surface area (Å²) in [6.07, 6.45) is 3.20. The molecule has 0 aromatic carbocycles. The number of hydrogen-bond donors (Lipinski definition) is 1. The molecule has 0 bridgehead atoms. The van der Waals surface area contributed by atoms with Gasteiger partial charge in [-0.3, -0.25) is 9.59 Å². The Kier molecular flexibility index (Phi) is 2.63. The van der Waals surface area contributed by atoms with Crippen molar-refractivity contribution in [1.82, 2.24) is 4.98 Å². The molecule has 0 saturated heterocycles. The third-order valence-corrected chi connectivity index (χ3v) is 1.33. The molecule has 0 aliphatic rings. The van der Waals surface area contributed by atoms with E-state index in [2.05, 4.69) is 9.72 Å². The first-order valence-electron chi connectivity index (χ1n) is 3.49. The predicted octanol–water partition coefficient (Wildman–Crippen LogP) is 0.761. The van der Waals surface area contributed by atoms with Gasteiger partial charge in [0.15, 0.2) is 6.61 Å². The highest BCUT2D eigenvalue weighted by molar-refractivity contribution is 5.97. The van der Waals surface area contributed by atoms with E-state index in [0.717, 1.165) is 0 Å². The van der Waals surface area contributed by atoms with Crippen molar-refractivity contribution in [3.63, 3.8) is 0 Å². The van der Waals surface area contributed by atoms with Crippen LogP contribution in [0.5, 0.6) is 0 Å². The molecule has 1 aromatic heterocycles. The van der Waals surface area contributed by atoms with Crippen molar-refractivity contribution in [3.05, 3.63) is 24.0 Å². The molecule has 4 heteroatoms. The van der Waals surface area contributed by atoms with E-state index in [1.807, 2.05) is 0 Å². The van der Waals surface area contributed by atoms with Gasteiger partial charge < -0.3 is 9.72 Å². The summed E-state index contributed by atoms with van der Waals surface area (Å²) in [5, 5.41) is 0. The Bertz CT molecular complexity index is 277. The number of H-pyrrole nitrogens is 1. The Morgan fingerprint density at radius 1 is 1.58 bits per heavy atom. The van der Waals surface area contributed by atoms with E-state index in [-0.39, 0.29) is 12.4 Å². The van der Waals surface area contributed by atoms with Crippen molar-refractivity contribution < 1.29 is 14.3 Å². The minimum Gasteiger partial charge on any atom is -0.457 e. The zero-order chi connectivity index (χ0) is 8.97. The first-order valence-corrected chi connectivity index (χ1v) is 3.49. The number of ketones is 1. The van der Waals surface area contributed by atoms with Gasteiger partial charge in [0, 0.05) is 24.9 Å². The van der Waals surface area contributed by atoms with Gasteiger partial charge in [-0.05, 0) is 6.07 Å². The zero-order valence-electron chi connectivity index (χ0n) is 6.66. The van der Waals surface area contributed by atoms with E-state index in [1.165, 1.54) is 6.92 Å². The molecule has 0 atom stereocenters. The van der Waals surface area contributed by atoms with Crippen LogP contribution in [0.4, 0.5) is 0 Å². The van der Waals surface area contributed by atoms with Crippen LogP contribution in [-0.4, -0.2) is 23.3 Å². The van der Waals surface area contributed by atoms with E-state index >= 15 is 0 Å². The normalized spacial score (nSPS) is 9.42. The van der Waals surface area contributed by atoms with Crippen LogP contribution in [0.2, 0.25) is 0 Å². The van der Waals surface area contributed by atoms with Crippen molar-refractivity contribution in [2.24, 2.45) is 0 Å². The SMILES string of the molecule is CC(=O)OCC(=O)c1cc[nH]c1. The second-order valence-electron chi connectivity index (χ2n) is 2.30. The second-order valence-corrected chi connectivity index (χ2v) is 2.30. The standard InChI is InChI=1S/C8H9NO3/c1-6(10)12-5-8(11)7-2-3-9-4-7/h2-4,9H,5H2,1H3. The van der Waals surface area contributed by atoms with Crippen LogP contribution < -0.4 is 0 Å². The fraction of sp³-hybridized carbons (Fsp3) is 0.250. The number of esters is 1. The minimum absolute atomic E-state index is 0.187. The maximum atomic E-state index is 11.1. The van der Waals surface area contributed by atoms with Crippen molar-refractivity contribution in [2.45, 2.75) is 6.92 Å². The molecular weight excluding hydrogens is 158 g/mol. The third kappa shape index (κ3) is 2.23. The highest BCUT2D eigenvalue weighted by atomic mass is 16.5. The number of rotatable bonds is 3. The van der Waals surface area contributed by atoms with Crippen LogP contribution in [0.25, 0.3) is 0 Å². The van der Waals surface area contributed by atoms with Crippen molar-refractivity contribution in [2.75, 3.05) is 6.61 Å². The van der Waals surface area contributed by atoms with Gasteiger partial charge in [0.2, 0.25) is 5.78 Å². The zero-order valence-corrected chi connectivity index (χ0v) is 6.66. The van der Waals surface area contributed by atoms with Crippen LogP contribution >= 0.6 is 0 Å². The average Bonchev–Trinajstić information content (AvgIpc) is 2.51. The van der Waals surface area contributed by atoms with Gasteiger partial charge in [0.05, 0.1) is 0 Å². The molecule has 64 valence electrons. The Balaban J connectivity index is 2.45. The molecule has 1 heterocycles. The summed E-state index contributed by atoms with van der Waals surface area (Å²) < 4.78 is 4.53. The van der Waals surface area contributed by atoms with Crippen LogP contribution in [0.3, 0.4) is 0 Å². The maximum absolute atomic E-state index is 11.1. The van der Waals surface area contributed by atoms with Gasteiger partial charge in [0.25, 0.3) is 0 Å². The molecule has 0 fully saturated rings. The average molecular weight is 167 g/mol. The fourth-order valence-electron chi connectivity index (χ4n) is 0.748. The van der Waals surface area contributed by atoms with Gasteiger partial charge in [-0.1, -0.05) is 0 Å². The quantitative estimate of drug-likeness (QED) is 0.534. The van der Waals surface area contributed by atoms with E-state index in [1.54, 1.807) is 18.5 Å². The molecule has 0 unspecified atom stereocenters. The molecule has 1 N–H and O–H groups in total. The van der Waals surface area contributed by atoms with Crippen LogP contribution in [-0.2, 0) is 9.53 Å². The van der Waals surface area contributed by atoms with Crippen LogP contribution in [0.1, 0.15) is 17.3 Å². The molecule has 0 spiro atoms. The van der Waals surface area contributed by atoms with Crippen molar-refractivity contribution in [3.8, 4) is 0 Å². The van der Waals surface area contributed by atoms with Crippen LogP contribution in [0, 0.1) is 0 Å². The molecule has 4 nitrogen and oxygen atoms in total. The minimum atomic E-state index is -0.445. The lowest BCUT2D eigenvalue weighted by Crippen LogP contribution is -2.10. The summed E-state index contributed by atoms with van der Waals surface area (Å²) >= 11 is 0. The topological polar surface area (TPSA) is 59.2 Å². The molecule has 0 radical (unpaired) electrons. The second kappa shape index (κ2) is 3.71. The third-order valence-electron chi connectivity index (χ3n) is 1.33. The summed E-state index contributed by atoms with van der Waals surface area (Å²) in [6, 6.07) is 1.63. The van der Waals surface area contributed by atoms with E-state index in [9.17, 15) is 9.59 Å². The Morgan fingerprint density at radius 3 is 2.83 bits per heavy atom. The summed E-state index contributed by atoms with van der Waals surface area (Å²) in [4.78, 5) is 24.2. The molecule has 0 aliphatic carbocycles. The number of aromatic nitrogens is 1. The highest BCUT2D eigenvalue weighted by Crippen LogP contribution is 1.98. The number of ether oxygens (including phenoxy) is 1. The van der Waals surface area contributed by atoms with Gasteiger partial charge >= 0.3 is 5.97 Å². The van der Waals surface area contributed by atoms with Gasteiger partial charge in [-0.15, -0.1) is 0 Å². The number of carbonyl (C=O) groups is 2. The van der Waals surface area contributed by atoms with E-state index < -0.39 is 5.97 Å². The molecule has 1 rings (SSSR count). The van der Waals surface area contributed by atoms with E-state index in [4.69, 9.17) is 0 Å². The number of carbonyl (C=O) groups excluding carboxylic acids is 2. The number of Topliss-reactive ketones (excluding diaryl/α,β-unsaturated/α-hetero) is 1. The maximum Gasteiger partial charge on any atom is 0.303 e. The van der Waals surface area contributed by atoms with Crippen LogP contribution in [0.15, 0.2) is 18.5 Å².